The van der Waals surface area contributed by atoms with E-state index in [1.165, 1.54) is 12.1 Å². The summed E-state index contributed by atoms with van der Waals surface area (Å²) in [5.41, 5.74) is 3.38. The number of alkyl halides is 3. The third-order valence-electron chi connectivity index (χ3n) is 7.87. The first-order valence-corrected chi connectivity index (χ1v) is 13.4. The number of fused-ring (bicyclic) bond motifs is 1. The van der Waals surface area contributed by atoms with E-state index < -0.39 is 12.1 Å². The van der Waals surface area contributed by atoms with Crippen molar-refractivity contribution in [3.63, 3.8) is 0 Å². The Morgan fingerprint density at radius 1 is 1.12 bits per heavy atom. The molecule has 4 heterocycles. The van der Waals surface area contributed by atoms with Crippen LogP contribution in [0.1, 0.15) is 60.5 Å². The van der Waals surface area contributed by atoms with Crippen molar-refractivity contribution < 1.29 is 32.2 Å². The third-order valence-corrected chi connectivity index (χ3v) is 7.87. The van der Waals surface area contributed by atoms with Crippen LogP contribution < -0.4 is 10.4 Å². The van der Waals surface area contributed by atoms with E-state index in [4.69, 9.17) is 9.47 Å². The molecule has 2 saturated heterocycles. The van der Waals surface area contributed by atoms with Crippen molar-refractivity contribution in [2.75, 3.05) is 26.3 Å². The zero-order chi connectivity index (χ0) is 27.9. The molecule has 0 bridgehead atoms. The first-order chi connectivity index (χ1) is 19.2. The molecule has 40 heavy (non-hydrogen) atoms. The summed E-state index contributed by atoms with van der Waals surface area (Å²) < 4.78 is 54.6. The Morgan fingerprint density at radius 3 is 2.55 bits per heavy atom. The topological polar surface area (TPSA) is 98.7 Å². The van der Waals surface area contributed by atoms with Crippen LogP contribution in [-0.2, 0) is 9.47 Å². The highest BCUT2D eigenvalue weighted by atomic mass is 19.4. The number of amides is 1. The standard InChI is InChI=1S/C28H29F3N4O5/c29-28(30,31)40-22-5-3-19(4-6-22)25(36)34-12-8-21(9-13-34)35-23-16-20(17-32-24(23)33-26(35)37)18-2-1-10-27(11-7-18)38-14-15-39-27/h3-7,16-17,21H,1-2,8-15H2,(H,32,33,37). The molecule has 1 aromatic carbocycles. The quantitative estimate of drug-likeness (QED) is 0.494. The summed E-state index contributed by atoms with van der Waals surface area (Å²) in [6, 6.07) is 6.77. The number of hydrogen-bond donors (Lipinski definition) is 1. The van der Waals surface area contributed by atoms with E-state index in [0.717, 1.165) is 48.0 Å². The number of imidazole rings is 1. The number of aromatic nitrogens is 3. The number of piperidine rings is 1. The van der Waals surface area contributed by atoms with Gasteiger partial charge >= 0.3 is 12.1 Å². The first-order valence-electron chi connectivity index (χ1n) is 13.4. The van der Waals surface area contributed by atoms with Crippen molar-refractivity contribution in [2.45, 2.75) is 56.7 Å². The summed E-state index contributed by atoms with van der Waals surface area (Å²) >= 11 is 0. The molecule has 0 unspecified atom stereocenters. The van der Waals surface area contributed by atoms with Crippen LogP contribution in [0.5, 0.6) is 5.75 Å². The van der Waals surface area contributed by atoms with Crippen molar-refractivity contribution in [1.29, 1.82) is 0 Å². The monoisotopic (exact) mass is 558 g/mol. The van der Waals surface area contributed by atoms with Gasteiger partial charge in [-0.3, -0.25) is 14.3 Å². The second kappa shape index (κ2) is 10.4. The van der Waals surface area contributed by atoms with Crippen LogP contribution in [0.15, 0.2) is 47.4 Å². The number of likely N-dealkylation sites (tertiary alicyclic amines) is 1. The summed E-state index contributed by atoms with van der Waals surface area (Å²) in [6.45, 7) is 2.04. The lowest BCUT2D eigenvalue weighted by Gasteiger charge is -2.32. The van der Waals surface area contributed by atoms with Gasteiger partial charge in [0.2, 0.25) is 0 Å². The number of aromatic amines is 1. The van der Waals surface area contributed by atoms with Gasteiger partial charge in [-0.15, -0.1) is 13.2 Å². The van der Waals surface area contributed by atoms with Crippen molar-refractivity contribution in [3.05, 3.63) is 64.2 Å². The molecular formula is C28H29F3N4O5. The zero-order valence-corrected chi connectivity index (χ0v) is 21.7. The van der Waals surface area contributed by atoms with Gasteiger partial charge in [0, 0.05) is 43.7 Å². The number of hydrogen-bond acceptors (Lipinski definition) is 6. The molecule has 0 saturated carbocycles. The number of benzene rings is 1. The van der Waals surface area contributed by atoms with E-state index in [1.807, 2.05) is 6.07 Å². The predicted octanol–water partition coefficient (Wildman–Crippen LogP) is 4.80. The number of allylic oxidation sites excluding steroid dienone is 1. The number of rotatable bonds is 4. The predicted molar refractivity (Wildman–Crippen MR) is 139 cm³/mol. The first kappa shape index (κ1) is 26.6. The van der Waals surface area contributed by atoms with Crippen molar-refractivity contribution in [1.82, 2.24) is 19.4 Å². The molecule has 1 aliphatic carbocycles. The Kier molecular flexibility index (Phi) is 6.91. The van der Waals surface area contributed by atoms with Crippen molar-refractivity contribution in [2.24, 2.45) is 0 Å². The molecule has 3 aliphatic rings. The number of H-pyrrole nitrogens is 1. The van der Waals surface area contributed by atoms with Gasteiger partial charge in [0.1, 0.15) is 5.75 Å². The number of carbonyl (C=O) groups excluding carboxylic acids is 1. The fourth-order valence-corrected chi connectivity index (χ4v) is 5.90. The van der Waals surface area contributed by atoms with Crippen molar-refractivity contribution in [3.8, 4) is 5.75 Å². The molecule has 3 aromatic rings. The molecule has 212 valence electrons. The average Bonchev–Trinajstić information content (AvgIpc) is 3.46. The zero-order valence-electron chi connectivity index (χ0n) is 21.7. The number of ether oxygens (including phenoxy) is 3. The largest absolute Gasteiger partial charge is 0.573 e. The highest BCUT2D eigenvalue weighted by Gasteiger charge is 2.36. The van der Waals surface area contributed by atoms with Gasteiger partial charge in [0.05, 0.1) is 18.7 Å². The molecule has 0 atom stereocenters. The Morgan fingerprint density at radius 2 is 1.85 bits per heavy atom. The number of carbonyl (C=O) groups is 1. The molecule has 1 N–H and O–H groups in total. The van der Waals surface area contributed by atoms with Gasteiger partial charge in [-0.25, -0.2) is 9.78 Å². The molecule has 2 aromatic heterocycles. The Labute approximate surface area is 227 Å². The van der Waals surface area contributed by atoms with Gasteiger partial charge < -0.3 is 19.1 Å². The summed E-state index contributed by atoms with van der Waals surface area (Å²) in [5.74, 6) is -1.19. The minimum absolute atomic E-state index is 0.128. The van der Waals surface area contributed by atoms with Gasteiger partial charge in [-0.05, 0) is 67.2 Å². The molecule has 12 heteroatoms. The van der Waals surface area contributed by atoms with Crippen LogP contribution in [0, 0.1) is 0 Å². The Bertz CT molecular complexity index is 1480. The SMILES string of the molecule is O=C(c1ccc(OC(F)(F)F)cc1)N1CCC(n2c(=O)[nH]c3ncc(C4=CCC5(CCC4)OCCO5)cc32)CC1. The van der Waals surface area contributed by atoms with Crippen LogP contribution in [0.3, 0.4) is 0 Å². The fourth-order valence-electron chi connectivity index (χ4n) is 5.90. The molecule has 2 fully saturated rings. The van der Waals surface area contributed by atoms with Gasteiger partial charge in [0.15, 0.2) is 11.4 Å². The van der Waals surface area contributed by atoms with E-state index in [0.29, 0.717) is 51.2 Å². The minimum atomic E-state index is -4.79. The fraction of sp³-hybridized carbons (Fsp3) is 0.464. The summed E-state index contributed by atoms with van der Waals surface area (Å²) in [5, 5.41) is 0. The average molecular weight is 559 g/mol. The van der Waals surface area contributed by atoms with Gasteiger partial charge in [0.25, 0.3) is 5.91 Å². The molecule has 1 amide bonds. The molecule has 0 radical (unpaired) electrons. The van der Waals surface area contributed by atoms with Crippen LogP contribution in [0.25, 0.3) is 16.7 Å². The van der Waals surface area contributed by atoms with E-state index in [9.17, 15) is 22.8 Å². The second-order valence-corrected chi connectivity index (χ2v) is 10.4. The highest BCUT2D eigenvalue weighted by Crippen LogP contribution is 2.37. The number of halogens is 3. The van der Waals surface area contributed by atoms with Crippen LogP contribution in [-0.4, -0.2) is 63.8 Å². The second-order valence-electron chi connectivity index (χ2n) is 10.4. The van der Waals surface area contributed by atoms with E-state index in [-0.39, 0.29) is 29.0 Å². The lowest BCUT2D eigenvalue weighted by atomic mass is 10.0. The lowest BCUT2D eigenvalue weighted by Crippen LogP contribution is -2.40. The summed E-state index contributed by atoms with van der Waals surface area (Å²) in [6.07, 6.45) is 3.55. The maximum atomic E-state index is 13.0. The normalized spacial score (nSPS) is 20.1. The number of nitrogens with one attached hydrogen (secondary N) is 1. The minimum Gasteiger partial charge on any atom is -0.406 e. The molecular weight excluding hydrogens is 529 g/mol. The lowest BCUT2D eigenvalue weighted by molar-refractivity contribution is -0.274. The highest BCUT2D eigenvalue weighted by molar-refractivity contribution is 5.94. The van der Waals surface area contributed by atoms with Gasteiger partial charge in [-0.1, -0.05) is 6.08 Å². The molecule has 9 nitrogen and oxygen atoms in total. The van der Waals surface area contributed by atoms with E-state index in [2.05, 4.69) is 20.8 Å². The smallest absolute Gasteiger partial charge is 0.406 e. The van der Waals surface area contributed by atoms with E-state index in [1.54, 1.807) is 15.7 Å². The van der Waals surface area contributed by atoms with Crippen LogP contribution >= 0.6 is 0 Å². The molecule has 1 spiro atoms. The summed E-state index contributed by atoms with van der Waals surface area (Å²) in [7, 11) is 0. The Hall–Kier alpha value is -3.64. The van der Waals surface area contributed by atoms with Crippen molar-refractivity contribution >= 4 is 22.6 Å². The maximum Gasteiger partial charge on any atom is 0.573 e. The molecule has 2 aliphatic heterocycles. The number of nitrogens with zero attached hydrogens (tertiary/aromatic N) is 3. The van der Waals surface area contributed by atoms with Crippen LogP contribution in [0.2, 0.25) is 0 Å². The Balaban J connectivity index is 1.16. The third kappa shape index (κ3) is 5.37. The van der Waals surface area contributed by atoms with Gasteiger partial charge in [-0.2, -0.15) is 0 Å². The summed E-state index contributed by atoms with van der Waals surface area (Å²) in [4.78, 5) is 35.0. The number of pyridine rings is 1. The maximum absolute atomic E-state index is 13.0. The molecule has 6 rings (SSSR count). The van der Waals surface area contributed by atoms with Crippen LogP contribution in [0.4, 0.5) is 13.2 Å². The van der Waals surface area contributed by atoms with E-state index >= 15 is 0 Å².